The predicted molar refractivity (Wildman–Crippen MR) is 92.1 cm³/mol. The van der Waals surface area contributed by atoms with E-state index in [0.29, 0.717) is 11.7 Å². The summed E-state index contributed by atoms with van der Waals surface area (Å²) in [5.74, 6) is 0. The summed E-state index contributed by atoms with van der Waals surface area (Å²) in [6, 6.07) is 5.35. The van der Waals surface area contributed by atoms with Gasteiger partial charge in [0.05, 0.1) is 16.7 Å². The molecule has 4 N–H and O–H groups in total. The number of carbonyl (C=O) groups is 1. The van der Waals surface area contributed by atoms with Crippen LogP contribution >= 0.6 is 11.3 Å². The molecule has 3 rings (SSSR count). The fourth-order valence-electron chi connectivity index (χ4n) is 2.28. The summed E-state index contributed by atoms with van der Waals surface area (Å²) in [4.78, 5) is 34.0. The largest absolute Gasteiger partial charge is 0.338 e. The van der Waals surface area contributed by atoms with Gasteiger partial charge in [-0.25, -0.2) is 14.6 Å². The zero-order valence-corrected chi connectivity index (χ0v) is 13.6. The topological polar surface area (TPSA) is 103 Å². The Hall–Kier alpha value is -2.61. The predicted octanol–water partition coefficient (Wildman–Crippen LogP) is 2.82. The molecule has 0 spiro atoms. The lowest BCUT2D eigenvalue weighted by atomic mass is 10.1. The maximum absolute atomic E-state index is 11.7. The van der Waals surface area contributed by atoms with E-state index < -0.39 is 0 Å². The lowest BCUT2D eigenvalue weighted by Crippen LogP contribution is -2.29. The Morgan fingerprint density at radius 3 is 2.87 bits per heavy atom. The van der Waals surface area contributed by atoms with Gasteiger partial charge in [-0.05, 0) is 25.5 Å². The molecule has 0 aliphatic carbocycles. The van der Waals surface area contributed by atoms with Crippen molar-refractivity contribution in [2.24, 2.45) is 0 Å². The number of benzene rings is 1. The highest BCUT2D eigenvalue weighted by molar-refractivity contribution is 7.16. The number of thiazole rings is 1. The number of nitrogens with zero attached hydrogens (tertiary/aromatic N) is 1. The second-order valence-electron chi connectivity index (χ2n) is 5.14. The third kappa shape index (κ3) is 3.26. The minimum Gasteiger partial charge on any atom is -0.338 e. The number of hydrogen-bond donors (Lipinski definition) is 4. The maximum atomic E-state index is 11.7. The highest BCUT2D eigenvalue weighted by atomic mass is 32.1. The van der Waals surface area contributed by atoms with Crippen molar-refractivity contribution in [1.29, 1.82) is 0 Å². The van der Waals surface area contributed by atoms with Crippen molar-refractivity contribution in [1.82, 2.24) is 20.3 Å². The first-order valence-corrected chi connectivity index (χ1v) is 8.13. The first-order valence-electron chi connectivity index (χ1n) is 7.31. The highest BCUT2D eigenvalue weighted by Gasteiger charge is 2.12. The van der Waals surface area contributed by atoms with Gasteiger partial charge in [0.15, 0.2) is 5.13 Å². The zero-order valence-electron chi connectivity index (χ0n) is 12.8. The molecule has 0 aliphatic heterocycles. The number of hydrogen-bond acceptors (Lipinski definition) is 4. The Bertz CT molecular complexity index is 908. The molecule has 2 amide bonds. The van der Waals surface area contributed by atoms with Gasteiger partial charge in [0, 0.05) is 17.0 Å². The number of aromatic nitrogens is 3. The van der Waals surface area contributed by atoms with Crippen LogP contribution in [0.25, 0.3) is 22.3 Å². The van der Waals surface area contributed by atoms with E-state index in [1.54, 1.807) is 0 Å². The number of fused-ring (bicyclic) bond motifs is 1. The fraction of sp³-hybridized carbons (Fsp3) is 0.267. The van der Waals surface area contributed by atoms with E-state index in [0.717, 1.165) is 33.6 Å². The maximum Gasteiger partial charge on any atom is 0.323 e. The molecule has 7 nitrogen and oxygen atoms in total. The van der Waals surface area contributed by atoms with Crippen LogP contribution in [-0.4, -0.2) is 27.5 Å². The molecule has 1 aromatic carbocycles. The number of rotatable bonds is 4. The third-order valence-corrected chi connectivity index (χ3v) is 4.23. The fourth-order valence-corrected chi connectivity index (χ4v) is 3.11. The average molecular weight is 331 g/mol. The molecule has 0 bridgehead atoms. The number of aryl methyl sites for hydroxylation is 1. The van der Waals surface area contributed by atoms with Gasteiger partial charge >= 0.3 is 11.7 Å². The Kier molecular flexibility index (Phi) is 4.16. The van der Waals surface area contributed by atoms with Crippen LogP contribution in [0, 0.1) is 6.92 Å². The van der Waals surface area contributed by atoms with E-state index in [-0.39, 0.29) is 11.7 Å². The van der Waals surface area contributed by atoms with Crippen LogP contribution in [-0.2, 0) is 0 Å². The molecular weight excluding hydrogens is 314 g/mol. The number of H-pyrrole nitrogens is 2. The lowest BCUT2D eigenvalue weighted by molar-refractivity contribution is 0.252. The SMILES string of the molecule is CCCNC(=O)Nc1nc(-c2ccc3[nH]c(=O)[nH]c3c2)c(C)s1. The van der Waals surface area contributed by atoms with Crippen molar-refractivity contribution < 1.29 is 4.79 Å². The molecule has 0 saturated carbocycles. The zero-order chi connectivity index (χ0) is 16.4. The van der Waals surface area contributed by atoms with Crippen LogP contribution in [0.2, 0.25) is 0 Å². The Morgan fingerprint density at radius 2 is 2.09 bits per heavy atom. The average Bonchev–Trinajstić information content (AvgIpc) is 3.05. The number of aromatic amines is 2. The van der Waals surface area contributed by atoms with Gasteiger partial charge in [0.1, 0.15) is 0 Å². The van der Waals surface area contributed by atoms with Crippen LogP contribution < -0.4 is 16.3 Å². The summed E-state index contributed by atoms with van der Waals surface area (Å²) in [7, 11) is 0. The van der Waals surface area contributed by atoms with Gasteiger partial charge in [0.2, 0.25) is 0 Å². The van der Waals surface area contributed by atoms with Gasteiger partial charge in [-0.15, -0.1) is 11.3 Å². The molecular formula is C15H17N5O2S. The van der Waals surface area contributed by atoms with Crippen LogP contribution in [0.4, 0.5) is 9.93 Å². The van der Waals surface area contributed by atoms with Gasteiger partial charge in [0.25, 0.3) is 0 Å². The molecule has 0 radical (unpaired) electrons. The molecule has 0 fully saturated rings. The number of anilines is 1. The van der Waals surface area contributed by atoms with Crippen molar-refractivity contribution in [3.63, 3.8) is 0 Å². The molecule has 8 heteroatoms. The second-order valence-corrected chi connectivity index (χ2v) is 6.35. The van der Waals surface area contributed by atoms with Crippen molar-refractivity contribution in [3.05, 3.63) is 33.6 Å². The van der Waals surface area contributed by atoms with Crippen molar-refractivity contribution in [2.75, 3.05) is 11.9 Å². The first kappa shape index (κ1) is 15.3. The minimum atomic E-state index is -0.252. The van der Waals surface area contributed by atoms with E-state index in [1.165, 1.54) is 11.3 Å². The van der Waals surface area contributed by atoms with Gasteiger partial charge in [-0.3, -0.25) is 5.32 Å². The minimum absolute atomic E-state index is 0.234. The molecule has 0 saturated heterocycles. The summed E-state index contributed by atoms with van der Waals surface area (Å²) < 4.78 is 0. The van der Waals surface area contributed by atoms with E-state index in [1.807, 2.05) is 32.0 Å². The number of amides is 2. The normalized spacial score (nSPS) is 10.9. The Morgan fingerprint density at radius 1 is 1.30 bits per heavy atom. The number of nitrogens with one attached hydrogen (secondary N) is 4. The summed E-state index contributed by atoms with van der Waals surface area (Å²) in [6.07, 6.45) is 0.879. The summed E-state index contributed by atoms with van der Waals surface area (Å²) in [5.41, 5.74) is 2.94. The van der Waals surface area contributed by atoms with Gasteiger partial charge < -0.3 is 15.3 Å². The molecule has 3 aromatic rings. The molecule has 2 heterocycles. The van der Waals surface area contributed by atoms with Gasteiger partial charge in [-0.1, -0.05) is 13.0 Å². The van der Waals surface area contributed by atoms with Crippen molar-refractivity contribution >= 4 is 33.5 Å². The van der Waals surface area contributed by atoms with E-state index >= 15 is 0 Å². The van der Waals surface area contributed by atoms with Crippen LogP contribution in [0.1, 0.15) is 18.2 Å². The Labute approximate surface area is 136 Å². The smallest absolute Gasteiger partial charge is 0.323 e. The van der Waals surface area contributed by atoms with E-state index in [2.05, 4.69) is 25.6 Å². The molecule has 2 aromatic heterocycles. The molecule has 0 aliphatic rings. The molecule has 0 unspecified atom stereocenters. The number of imidazole rings is 1. The van der Waals surface area contributed by atoms with E-state index in [9.17, 15) is 9.59 Å². The first-order chi connectivity index (χ1) is 11.1. The van der Waals surface area contributed by atoms with E-state index in [4.69, 9.17) is 0 Å². The van der Waals surface area contributed by atoms with Crippen LogP contribution in [0.15, 0.2) is 23.0 Å². The molecule has 23 heavy (non-hydrogen) atoms. The number of urea groups is 1. The molecule has 120 valence electrons. The molecule has 0 atom stereocenters. The van der Waals surface area contributed by atoms with Crippen LogP contribution in [0.5, 0.6) is 0 Å². The monoisotopic (exact) mass is 331 g/mol. The van der Waals surface area contributed by atoms with Gasteiger partial charge in [-0.2, -0.15) is 0 Å². The third-order valence-electron chi connectivity index (χ3n) is 3.34. The van der Waals surface area contributed by atoms with Crippen LogP contribution in [0.3, 0.4) is 0 Å². The van der Waals surface area contributed by atoms with Crippen molar-refractivity contribution in [2.45, 2.75) is 20.3 Å². The highest BCUT2D eigenvalue weighted by Crippen LogP contribution is 2.31. The Balaban J connectivity index is 1.87. The standard InChI is InChI=1S/C15H17N5O2S/c1-3-6-16-13(21)20-15-19-12(8(2)23-15)9-4-5-10-11(7-9)18-14(22)17-10/h4-5,7H,3,6H2,1-2H3,(H2,17,18,22)(H2,16,19,20,21). The summed E-state index contributed by atoms with van der Waals surface area (Å²) >= 11 is 1.42. The quantitative estimate of drug-likeness (QED) is 0.591. The number of carbonyl (C=O) groups excluding carboxylic acids is 1. The summed E-state index contributed by atoms with van der Waals surface area (Å²) in [5, 5.41) is 6.04. The lowest BCUT2D eigenvalue weighted by Gasteiger charge is -2.02. The van der Waals surface area contributed by atoms with Crippen molar-refractivity contribution in [3.8, 4) is 11.3 Å². The summed E-state index contributed by atoms with van der Waals surface area (Å²) in [6.45, 7) is 4.57. The second kappa shape index (κ2) is 6.25.